The molecule has 138 valence electrons. The molecule has 1 fully saturated rings. The predicted molar refractivity (Wildman–Crippen MR) is 102 cm³/mol. The molecule has 1 amide bonds. The van der Waals surface area contributed by atoms with Gasteiger partial charge in [0.25, 0.3) is 11.5 Å². The van der Waals surface area contributed by atoms with E-state index < -0.39 is 0 Å². The van der Waals surface area contributed by atoms with Crippen molar-refractivity contribution in [1.82, 2.24) is 14.3 Å². The molecule has 6 nitrogen and oxygen atoms in total. The third kappa shape index (κ3) is 3.43. The maximum Gasteiger partial charge on any atom is 0.270 e. The van der Waals surface area contributed by atoms with Crippen molar-refractivity contribution in [2.45, 2.75) is 12.8 Å². The molecule has 2 aromatic heterocycles. The van der Waals surface area contributed by atoms with Gasteiger partial charge in [0.1, 0.15) is 17.0 Å². The molecule has 1 aliphatic heterocycles. The minimum atomic E-state index is -0.316. The summed E-state index contributed by atoms with van der Waals surface area (Å²) in [5.74, 6) is 0.993. The van der Waals surface area contributed by atoms with Crippen molar-refractivity contribution in [3.05, 3.63) is 76.3 Å². The molecule has 1 aliphatic rings. The topological polar surface area (TPSA) is 63.9 Å². The van der Waals surface area contributed by atoms with Crippen molar-refractivity contribution >= 4 is 11.6 Å². The number of carbonyl (C=O) groups is 1. The van der Waals surface area contributed by atoms with E-state index in [9.17, 15) is 9.59 Å². The van der Waals surface area contributed by atoms with Gasteiger partial charge in [0.2, 0.25) is 0 Å². The summed E-state index contributed by atoms with van der Waals surface area (Å²) in [6.07, 6.45) is 4.87. The lowest BCUT2D eigenvalue weighted by Crippen LogP contribution is -2.34. The molecule has 27 heavy (non-hydrogen) atoms. The summed E-state index contributed by atoms with van der Waals surface area (Å²) in [5.41, 5.74) is 1.58. The first-order chi connectivity index (χ1) is 13.2. The first-order valence-electron chi connectivity index (χ1n) is 9.04. The highest BCUT2D eigenvalue weighted by Gasteiger charge is 2.28. The Morgan fingerprint density at radius 3 is 2.81 bits per heavy atom. The summed E-state index contributed by atoms with van der Waals surface area (Å²) in [6, 6.07) is 13.3. The van der Waals surface area contributed by atoms with E-state index in [4.69, 9.17) is 4.74 Å². The third-order valence-electron chi connectivity index (χ3n) is 5.10. The number of hydrogen-bond donors (Lipinski definition) is 0. The maximum atomic E-state index is 12.8. The van der Waals surface area contributed by atoms with Crippen LogP contribution < -0.4 is 10.3 Å². The number of ether oxygens (including phenoxy) is 1. The molecular weight excluding hydrogens is 342 g/mol. The number of nitrogens with zero attached hydrogens (tertiary/aromatic N) is 3. The van der Waals surface area contributed by atoms with Gasteiger partial charge in [-0.05, 0) is 48.6 Å². The normalized spacial score (nSPS) is 16.6. The number of amides is 1. The minimum absolute atomic E-state index is 0.129. The van der Waals surface area contributed by atoms with Gasteiger partial charge in [-0.15, -0.1) is 0 Å². The average Bonchev–Trinajstić information content (AvgIpc) is 3.17. The van der Waals surface area contributed by atoms with Crippen LogP contribution in [0.1, 0.15) is 22.3 Å². The molecule has 1 atom stereocenters. The maximum absolute atomic E-state index is 12.8. The summed E-state index contributed by atoms with van der Waals surface area (Å²) in [5, 5.41) is 0. The van der Waals surface area contributed by atoms with Crippen molar-refractivity contribution in [2.75, 3.05) is 20.2 Å². The van der Waals surface area contributed by atoms with E-state index in [0.29, 0.717) is 24.7 Å². The largest absolute Gasteiger partial charge is 0.497 e. The molecule has 0 N–H and O–H groups in total. The highest BCUT2D eigenvalue weighted by Crippen LogP contribution is 2.23. The van der Waals surface area contributed by atoms with E-state index in [1.807, 2.05) is 18.2 Å². The molecule has 0 bridgehead atoms. The number of benzene rings is 1. The van der Waals surface area contributed by atoms with Gasteiger partial charge >= 0.3 is 0 Å². The first-order valence-corrected chi connectivity index (χ1v) is 9.04. The Morgan fingerprint density at radius 1 is 1.22 bits per heavy atom. The number of hydrogen-bond acceptors (Lipinski definition) is 4. The monoisotopic (exact) mass is 363 g/mol. The summed E-state index contributed by atoms with van der Waals surface area (Å²) in [6.45, 7) is 1.32. The van der Waals surface area contributed by atoms with Crippen LogP contribution >= 0.6 is 0 Å². The van der Waals surface area contributed by atoms with Crippen LogP contribution in [0.3, 0.4) is 0 Å². The lowest BCUT2D eigenvalue weighted by atomic mass is 9.99. The third-order valence-corrected chi connectivity index (χ3v) is 5.10. The molecule has 0 radical (unpaired) electrons. The van der Waals surface area contributed by atoms with Gasteiger partial charge < -0.3 is 9.64 Å². The van der Waals surface area contributed by atoms with Crippen LogP contribution in [-0.2, 0) is 6.42 Å². The lowest BCUT2D eigenvalue weighted by molar-refractivity contribution is 0.0784. The van der Waals surface area contributed by atoms with Crippen LogP contribution in [0.15, 0.2) is 59.7 Å². The molecule has 0 saturated carbocycles. The van der Waals surface area contributed by atoms with E-state index in [2.05, 4.69) is 17.1 Å². The second-order valence-electron chi connectivity index (χ2n) is 6.86. The number of fused-ring (bicyclic) bond motifs is 1. The van der Waals surface area contributed by atoms with E-state index in [1.54, 1.807) is 30.3 Å². The van der Waals surface area contributed by atoms with Gasteiger partial charge in [-0.2, -0.15) is 0 Å². The standard InChI is InChI=1S/C21H21N3O3/c1-27-17-7-5-15(6-8-17)12-16-9-11-23(14-16)20(25)18-13-22-19-4-2-3-10-24(19)21(18)26/h2-8,10,13,16H,9,11-12,14H2,1H3. The predicted octanol–water partition coefficient (Wildman–Crippen LogP) is 2.41. The van der Waals surface area contributed by atoms with Gasteiger partial charge in [0, 0.05) is 25.5 Å². The van der Waals surface area contributed by atoms with Crippen molar-refractivity contribution in [3.63, 3.8) is 0 Å². The van der Waals surface area contributed by atoms with Crippen molar-refractivity contribution in [3.8, 4) is 5.75 Å². The van der Waals surface area contributed by atoms with Crippen LogP contribution in [0.5, 0.6) is 5.75 Å². The molecule has 3 heterocycles. The SMILES string of the molecule is COc1ccc(CC2CCN(C(=O)c3cnc4ccccn4c3=O)C2)cc1. The van der Waals surface area contributed by atoms with Gasteiger partial charge in [0.15, 0.2) is 0 Å². The van der Waals surface area contributed by atoms with Crippen LogP contribution in [0, 0.1) is 5.92 Å². The van der Waals surface area contributed by atoms with Gasteiger partial charge in [-0.3, -0.25) is 14.0 Å². The molecule has 3 aromatic rings. The summed E-state index contributed by atoms with van der Waals surface area (Å²) >= 11 is 0. The van der Waals surface area contributed by atoms with Crippen LogP contribution in [0.2, 0.25) is 0 Å². The van der Waals surface area contributed by atoms with Gasteiger partial charge in [0.05, 0.1) is 7.11 Å². The Bertz CT molecular complexity index is 1030. The second kappa shape index (κ2) is 7.23. The zero-order valence-corrected chi connectivity index (χ0v) is 15.2. The van der Waals surface area contributed by atoms with Gasteiger partial charge in [-0.1, -0.05) is 18.2 Å². The Morgan fingerprint density at radius 2 is 2.04 bits per heavy atom. The zero-order valence-electron chi connectivity index (χ0n) is 15.2. The number of likely N-dealkylation sites (tertiary alicyclic amines) is 1. The average molecular weight is 363 g/mol. The second-order valence-corrected chi connectivity index (χ2v) is 6.86. The minimum Gasteiger partial charge on any atom is -0.497 e. The van der Waals surface area contributed by atoms with Crippen LogP contribution in [0.4, 0.5) is 0 Å². The van der Waals surface area contributed by atoms with E-state index in [-0.39, 0.29) is 17.0 Å². The summed E-state index contributed by atoms with van der Waals surface area (Å²) < 4.78 is 6.60. The summed E-state index contributed by atoms with van der Waals surface area (Å²) in [7, 11) is 1.65. The van der Waals surface area contributed by atoms with Crippen molar-refractivity contribution < 1.29 is 9.53 Å². The molecule has 6 heteroatoms. The fourth-order valence-electron chi connectivity index (χ4n) is 3.62. The van der Waals surface area contributed by atoms with Crippen LogP contribution in [-0.4, -0.2) is 40.4 Å². The highest BCUT2D eigenvalue weighted by atomic mass is 16.5. The summed E-state index contributed by atoms with van der Waals surface area (Å²) in [4.78, 5) is 31.5. The fourth-order valence-corrected chi connectivity index (χ4v) is 3.62. The van der Waals surface area contributed by atoms with Gasteiger partial charge in [-0.25, -0.2) is 4.98 Å². The molecular formula is C21H21N3O3. The Hall–Kier alpha value is -3.15. The number of methoxy groups -OCH3 is 1. The number of pyridine rings is 1. The van der Waals surface area contributed by atoms with Crippen molar-refractivity contribution in [1.29, 1.82) is 0 Å². The molecule has 0 aliphatic carbocycles. The fraction of sp³-hybridized carbons (Fsp3) is 0.286. The Labute approximate surface area is 157 Å². The lowest BCUT2D eigenvalue weighted by Gasteiger charge is -2.16. The first kappa shape index (κ1) is 17.3. The molecule has 1 unspecified atom stereocenters. The van der Waals surface area contributed by atoms with E-state index in [0.717, 1.165) is 18.6 Å². The molecule has 0 spiro atoms. The number of rotatable bonds is 4. The Balaban J connectivity index is 1.47. The molecule has 1 aromatic carbocycles. The molecule has 4 rings (SSSR count). The highest BCUT2D eigenvalue weighted by molar-refractivity contribution is 5.94. The van der Waals surface area contributed by atoms with E-state index in [1.165, 1.54) is 16.2 Å². The van der Waals surface area contributed by atoms with Crippen molar-refractivity contribution in [2.24, 2.45) is 5.92 Å². The number of aromatic nitrogens is 2. The van der Waals surface area contributed by atoms with E-state index >= 15 is 0 Å². The van der Waals surface area contributed by atoms with Crippen LogP contribution in [0.25, 0.3) is 5.65 Å². The number of carbonyl (C=O) groups excluding carboxylic acids is 1. The smallest absolute Gasteiger partial charge is 0.270 e. The zero-order chi connectivity index (χ0) is 18.8. The quantitative estimate of drug-likeness (QED) is 0.714. The Kier molecular flexibility index (Phi) is 4.62. The molecule has 1 saturated heterocycles.